The Labute approximate surface area is 248 Å². The number of nitrogens with zero attached hydrogens (tertiary/aromatic N) is 2. The lowest BCUT2D eigenvalue weighted by Crippen LogP contribution is -2.27. The maximum Gasteiger partial charge on any atom is 0.270 e. The molecule has 0 N–H and O–H groups in total. The number of ether oxygens (including phenoxy) is 1. The number of anilines is 2. The Balaban J connectivity index is 1.50. The van der Waals surface area contributed by atoms with Gasteiger partial charge in [-0.1, -0.05) is 89.6 Å². The van der Waals surface area contributed by atoms with Crippen LogP contribution in [0.3, 0.4) is 0 Å². The van der Waals surface area contributed by atoms with Crippen molar-refractivity contribution in [3.8, 4) is 5.75 Å². The van der Waals surface area contributed by atoms with Crippen molar-refractivity contribution in [1.29, 1.82) is 0 Å². The summed E-state index contributed by atoms with van der Waals surface area (Å²) in [6.45, 7) is 6.22. The van der Waals surface area contributed by atoms with Gasteiger partial charge in [-0.25, -0.2) is 0 Å². The molecule has 4 nitrogen and oxygen atoms in total. The van der Waals surface area contributed by atoms with Gasteiger partial charge in [0.25, 0.3) is 5.91 Å². The maximum atomic E-state index is 13.7. The molecule has 4 aromatic rings. The Morgan fingerprint density at radius 2 is 1.74 bits per heavy atom. The van der Waals surface area contributed by atoms with Gasteiger partial charge in [0.1, 0.15) is 12.4 Å². The van der Waals surface area contributed by atoms with Crippen LogP contribution in [0.25, 0.3) is 16.8 Å². The molecule has 1 fully saturated rings. The van der Waals surface area contributed by atoms with Gasteiger partial charge in [0.05, 0.1) is 10.6 Å². The van der Waals surface area contributed by atoms with Crippen molar-refractivity contribution in [3.63, 3.8) is 0 Å². The van der Waals surface area contributed by atoms with E-state index in [1.54, 1.807) is 17.0 Å². The van der Waals surface area contributed by atoms with E-state index >= 15 is 0 Å². The highest BCUT2D eigenvalue weighted by Gasteiger charge is 2.34. The summed E-state index contributed by atoms with van der Waals surface area (Å²) in [5.74, 6) is 0.502. The normalized spacial score (nSPS) is 14.5. The molecule has 0 aromatic heterocycles. The Morgan fingerprint density at radius 3 is 2.51 bits per heavy atom. The van der Waals surface area contributed by atoms with Crippen molar-refractivity contribution in [2.24, 2.45) is 0 Å². The van der Waals surface area contributed by atoms with Crippen LogP contribution < -0.4 is 14.5 Å². The second-order valence-electron chi connectivity index (χ2n) is 8.93. The van der Waals surface area contributed by atoms with Crippen LogP contribution in [0, 0.1) is 0 Å². The van der Waals surface area contributed by atoms with Gasteiger partial charge in [-0.3, -0.25) is 9.69 Å². The first-order valence-corrected chi connectivity index (χ1v) is 14.6. The Hall–Kier alpha value is -3.03. The zero-order chi connectivity index (χ0) is 27.5. The van der Waals surface area contributed by atoms with Crippen LogP contribution in [0.2, 0.25) is 10.0 Å². The van der Waals surface area contributed by atoms with E-state index in [1.807, 2.05) is 72.8 Å². The smallest absolute Gasteiger partial charge is 0.270 e. The molecular weight excluding hydrogens is 567 g/mol. The number of hydrogen-bond donors (Lipinski definition) is 0. The van der Waals surface area contributed by atoms with Gasteiger partial charge in [-0.05, 0) is 55.6 Å². The van der Waals surface area contributed by atoms with Crippen LogP contribution in [0.4, 0.5) is 11.4 Å². The van der Waals surface area contributed by atoms with Gasteiger partial charge in [-0.2, -0.15) is 0 Å². The third-order valence-corrected chi connectivity index (χ3v) is 8.50. The van der Waals surface area contributed by atoms with Gasteiger partial charge in [0.2, 0.25) is 0 Å². The van der Waals surface area contributed by atoms with E-state index in [0.29, 0.717) is 25.0 Å². The zero-order valence-corrected chi connectivity index (χ0v) is 24.6. The fraction of sp³-hybridized carbons (Fsp3) is 0.161. The third kappa shape index (κ3) is 5.80. The standard InChI is InChI=1S/C31H26Cl2N2O2S2/c1-3-34(4-2)24-15-13-21(28(18-24)37-19-22-12-14-23(32)17-26(22)33)16-29-30(36)35(31(38)39-29)27-11-7-9-20-8-5-6-10-25(20)27/h5-18H,3-4,19H2,1-2H3/b29-16-. The quantitative estimate of drug-likeness (QED) is 0.150. The van der Waals surface area contributed by atoms with Crippen molar-refractivity contribution in [2.75, 3.05) is 22.9 Å². The number of thioether (sulfide) groups is 1. The summed E-state index contributed by atoms with van der Waals surface area (Å²) in [7, 11) is 0. The highest BCUT2D eigenvalue weighted by atomic mass is 35.5. The molecule has 1 heterocycles. The number of hydrogen-bond acceptors (Lipinski definition) is 5. The summed E-state index contributed by atoms with van der Waals surface area (Å²) in [6.07, 6.45) is 1.86. The first-order valence-electron chi connectivity index (χ1n) is 12.6. The van der Waals surface area contributed by atoms with Crippen LogP contribution in [0.1, 0.15) is 25.0 Å². The molecule has 1 saturated heterocycles. The van der Waals surface area contributed by atoms with Gasteiger partial charge >= 0.3 is 0 Å². The van der Waals surface area contributed by atoms with Crippen molar-refractivity contribution in [3.05, 3.63) is 105 Å². The topological polar surface area (TPSA) is 32.8 Å². The average Bonchev–Trinajstić information content (AvgIpc) is 3.21. The summed E-state index contributed by atoms with van der Waals surface area (Å²) in [5, 5.41) is 3.14. The summed E-state index contributed by atoms with van der Waals surface area (Å²) in [6, 6.07) is 25.3. The first kappa shape index (κ1) is 27.5. The summed E-state index contributed by atoms with van der Waals surface area (Å²) < 4.78 is 6.80. The first-order chi connectivity index (χ1) is 18.9. The zero-order valence-electron chi connectivity index (χ0n) is 21.5. The summed E-state index contributed by atoms with van der Waals surface area (Å²) in [5.41, 5.74) is 3.43. The van der Waals surface area contributed by atoms with Crippen molar-refractivity contribution in [2.45, 2.75) is 20.5 Å². The van der Waals surface area contributed by atoms with E-state index in [1.165, 1.54) is 11.8 Å². The van der Waals surface area contributed by atoms with Crippen molar-refractivity contribution < 1.29 is 9.53 Å². The van der Waals surface area contributed by atoms with Crippen molar-refractivity contribution in [1.82, 2.24) is 0 Å². The second-order valence-corrected chi connectivity index (χ2v) is 11.5. The average molecular weight is 594 g/mol. The van der Waals surface area contributed by atoms with E-state index in [9.17, 15) is 4.79 Å². The number of amides is 1. The maximum absolute atomic E-state index is 13.7. The molecule has 0 unspecified atom stereocenters. The SMILES string of the molecule is CCN(CC)c1ccc(/C=C2\SC(=S)N(c3cccc4ccccc34)C2=O)c(OCc2ccc(Cl)cc2Cl)c1. The van der Waals surface area contributed by atoms with Crippen LogP contribution in [-0.2, 0) is 11.4 Å². The highest BCUT2D eigenvalue weighted by molar-refractivity contribution is 8.27. The number of thiocarbonyl (C=S) groups is 1. The van der Waals surface area contributed by atoms with E-state index in [0.717, 1.165) is 46.4 Å². The number of carbonyl (C=O) groups is 1. The number of fused-ring (bicyclic) bond motifs is 1. The minimum absolute atomic E-state index is 0.152. The molecule has 1 aliphatic heterocycles. The predicted octanol–water partition coefficient (Wildman–Crippen LogP) is 8.98. The van der Waals surface area contributed by atoms with Gasteiger partial charge < -0.3 is 9.64 Å². The molecule has 0 atom stereocenters. The minimum Gasteiger partial charge on any atom is -0.488 e. The molecule has 8 heteroatoms. The molecule has 1 amide bonds. The molecule has 0 spiro atoms. The third-order valence-electron chi connectivity index (χ3n) is 6.61. The Morgan fingerprint density at radius 1 is 0.974 bits per heavy atom. The largest absolute Gasteiger partial charge is 0.488 e. The van der Waals surface area contributed by atoms with Crippen LogP contribution >= 0.6 is 47.2 Å². The lowest BCUT2D eigenvalue weighted by molar-refractivity contribution is -0.113. The Kier molecular flexibility index (Phi) is 8.48. The monoisotopic (exact) mass is 592 g/mol. The predicted molar refractivity (Wildman–Crippen MR) is 170 cm³/mol. The molecule has 4 aromatic carbocycles. The number of rotatable bonds is 8. The van der Waals surface area contributed by atoms with Crippen LogP contribution in [0.15, 0.2) is 83.8 Å². The molecule has 0 radical (unpaired) electrons. The lowest BCUT2D eigenvalue weighted by atomic mass is 10.1. The van der Waals surface area contributed by atoms with Crippen LogP contribution in [0.5, 0.6) is 5.75 Å². The molecular formula is C31H26Cl2N2O2S2. The minimum atomic E-state index is -0.152. The number of halogens is 2. The molecule has 0 saturated carbocycles. The van der Waals surface area contributed by atoms with Crippen LogP contribution in [-0.4, -0.2) is 23.3 Å². The van der Waals surface area contributed by atoms with Gasteiger partial charge in [-0.15, -0.1) is 0 Å². The lowest BCUT2D eigenvalue weighted by Gasteiger charge is -2.22. The van der Waals surface area contributed by atoms with Gasteiger partial charge in [0, 0.05) is 51.4 Å². The van der Waals surface area contributed by atoms with E-state index < -0.39 is 0 Å². The highest BCUT2D eigenvalue weighted by Crippen LogP contribution is 2.40. The fourth-order valence-corrected chi connectivity index (χ4v) is 6.31. The van der Waals surface area contributed by atoms with Gasteiger partial charge in [0.15, 0.2) is 4.32 Å². The second kappa shape index (κ2) is 12.0. The molecule has 198 valence electrons. The van der Waals surface area contributed by atoms with E-state index in [-0.39, 0.29) is 12.5 Å². The Bertz CT molecular complexity index is 1600. The fourth-order valence-electron chi connectivity index (χ4n) is 4.57. The van der Waals surface area contributed by atoms with E-state index in [4.69, 9.17) is 40.2 Å². The molecule has 39 heavy (non-hydrogen) atoms. The molecule has 0 bridgehead atoms. The molecule has 0 aliphatic carbocycles. The number of carbonyl (C=O) groups excluding carboxylic acids is 1. The van der Waals surface area contributed by atoms with E-state index in [2.05, 4.69) is 18.7 Å². The van der Waals surface area contributed by atoms with Crippen molar-refractivity contribution >= 4 is 85.6 Å². The molecule has 1 aliphatic rings. The summed E-state index contributed by atoms with van der Waals surface area (Å²) >= 11 is 19.4. The summed E-state index contributed by atoms with van der Waals surface area (Å²) in [4.78, 5) is 18.1. The number of benzene rings is 4. The molecule has 5 rings (SSSR count).